The normalized spacial score (nSPS) is 14.9. The van der Waals surface area contributed by atoms with E-state index in [0.29, 0.717) is 10.4 Å². The number of aromatic amines is 1. The van der Waals surface area contributed by atoms with Gasteiger partial charge in [-0.05, 0) is 37.5 Å². The summed E-state index contributed by atoms with van der Waals surface area (Å²) in [7, 11) is 0. The molecule has 0 bridgehead atoms. The Bertz CT molecular complexity index is 663. The van der Waals surface area contributed by atoms with Gasteiger partial charge in [0.15, 0.2) is 0 Å². The van der Waals surface area contributed by atoms with E-state index in [1.165, 1.54) is 18.6 Å². The Hall–Kier alpha value is -1.96. The molecule has 0 unspecified atom stereocenters. The van der Waals surface area contributed by atoms with Gasteiger partial charge in [-0.2, -0.15) is 4.98 Å². The molecule has 1 fully saturated rings. The number of hydrogen-bond donors (Lipinski definition) is 2. The minimum Gasteiger partial charge on any atom is -0.340 e. The molecule has 2 heterocycles. The maximum atomic E-state index is 13.3. The molecule has 0 aliphatic carbocycles. The van der Waals surface area contributed by atoms with Crippen molar-refractivity contribution in [2.45, 2.75) is 19.3 Å². The first-order chi connectivity index (χ1) is 10.6. The maximum absolute atomic E-state index is 13.3. The summed E-state index contributed by atoms with van der Waals surface area (Å²) in [5, 5.41) is 9.40. The molecule has 0 atom stereocenters. The Morgan fingerprint density at radius 2 is 2.05 bits per heavy atom. The van der Waals surface area contributed by atoms with Gasteiger partial charge < -0.3 is 4.90 Å². The molecule has 1 aromatic carbocycles. The van der Waals surface area contributed by atoms with Gasteiger partial charge >= 0.3 is 0 Å². The van der Waals surface area contributed by atoms with E-state index in [-0.39, 0.29) is 11.5 Å². The summed E-state index contributed by atoms with van der Waals surface area (Å²) in [6.45, 7) is 1.84. The smallest absolute Gasteiger partial charge is 0.258 e. The van der Waals surface area contributed by atoms with Crippen LogP contribution in [-0.2, 0) is 0 Å². The lowest BCUT2D eigenvalue weighted by Crippen LogP contribution is -2.30. The van der Waals surface area contributed by atoms with E-state index in [1.54, 1.807) is 6.07 Å². The first-order valence-corrected chi connectivity index (χ1v) is 7.86. The van der Waals surface area contributed by atoms with Gasteiger partial charge in [-0.1, -0.05) is 15.9 Å². The lowest BCUT2D eigenvalue weighted by molar-refractivity contribution is 0.102. The van der Waals surface area contributed by atoms with Crippen LogP contribution in [0.25, 0.3) is 0 Å². The standard InChI is InChI=1S/C14H15BrFN5O/c15-10-6-9(7-11(16)8-10)12(22)17-13-18-14(20-19-13)21-4-2-1-3-5-21/h6-8H,1-5H2,(H2,17,18,19,20,22). The Morgan fingerprint density at radius 1 is 1.27 bits per heavy atom. The average Bonchev–Trinajstić information content (AvgIpc) is 2.95. The molecule has 2 N–H and O–H groups in total. The number of nitrogens with zero attached hydrogens (tertiary/aromatic N) is 3. The van der Waals surface area contributed by atoms with Gasteiger partial charge in [0.25, 0.3) is 5.91 Å². The lowest BCUT2D eigenvalue weighted by atomic mass is 10.1. The summed E-state index contributed by atoms with van der Waals surface area (Å²) in [6.07, 6.45) is 3.46. The number of halogens is 2. The van der Waals surface area contributed by atoms with E-state index in [1.807, 2.05) is 0 Å². The van der Waals surface area contributed by atoms with Gasteiger partial charge in [-0.25, -0.2) is 9.49 Å². The second-order valence-corrected chi connectivity index (χ2v) is 6.06. The zero-order valence-corrected chi connectivity index (χ0v) is 13.4. The average molecular weight is 368 g/mol. The predicted octanol–water partition coefficient (Wildman–Crippen LogP) is 2.95. The number of carbonyl (C=O) groups is 1. The van der Waals surface area contributed by atoms with Gasteiger partial charge in [0.05, 0.1) is 0 Å². The highest BCUT2D eigenvalue weighted by molar-refractivity contribution is 9.10. The molecule has 2 aromatic rings. The Labute approximate surface area is 135 Å². The van der Waals surface area contributed by atoms with Crippen molar-refractivity contribution in [3.05, 3.63) is 34.1 Å². The van der Waals surface area contributed by atoms with E-state index >= 15 is 0 Å². The third-order valence-corrected chi connectivity index (χ3v) is 3.93. The maximum Gasteiger partial charge on any atom is 0.258 e. The molecule has 116 valence electrons. The van der Waals surface area contributed by atoms with E-state index in [2.05, 4.69) is 41.3 Å². The Kier molecular flexibility index (Phi) is 4.37. The first-order valence-electron chi connectivity index (χ1n) is 7.06. The summed E-state index contributed by atoms with van der Waals surface area (Å²) < 4.78 is 13.8. The SMILES string of the molecule is O=C(Nc1nc(N2CCCCC2)n[nH]1)c1cc(F)cc(Br)c1. The molecular weight excluding hydrogens is 353 g/mol. The number of amides is 1. The highest BCUT2D eigenvalue weighted by Crippen LogP contribution is 2.18. The van der Waals surface area contributed by atoms with Crippen LogP contribution < -0.4 is 10.2 Å². The van der Waals surface area contributed by atoms with Gasteiger partial charge in [0, 0.05) is 23.1 Å². The summed E-state index contributed by atoms with van der Waals surface area (Å²) in [4.78, 5) is 18.4. The Morgan fingerprint density at radius 3 is 2.77 bits per heavy atom. The fraction of sp³-hybridized carbons (Fsp3) is 0.357. The van der Waals surface area contributed by atoms with Crippen LogP contribution in [0.1, 0.15) is 29.6 Å². The molecule has 1 amide bonds. The number of carbonyl (C=O) groups excluding carboxylic acids is 1. The van der Waals surface area contributed by atoms with Crippen LogP contribution in [0.15, 0.2) is 22.7 Å². The van der Waals surface area contributed by atoms with E-state index in [9.17, 15) is 9.18 Å². The van der Waals surface area contributed by atoms with Crippen LogP contribution in [0.3, 0.4) is 0 Å². The van der Waals surface area contributed by atoms with Crippen molar-refractivity contribution in [2.75, 3.05) is 23.3 Å². The fourth-order valence-corrected chi connectivity index (χ4v) is 2.87. The number of benzene rings is 1. The summed E-state index contributed by atoms with van der Waals surface area (Å²) >= 11 is 3.16. The Balaban J connectivity index is 1.70. The van der Waals surface area contributed by atoms with Crippen LogP contribution in [0.5, 0.6) is 0 Å². The quantitative estimate of drug-likeness (QED) is 0.874. The zero-order valence-electron chi connectivity index (χ0n) is 11.8. The van der Waals surface area contributed by atoms with Crippen LogP contribution in [0, 0.1) is 5.82 Å². The fourth-order valence-electron chi connectivity index (χ4n) is 2.41. The largest absolute Gasteiger partial charge is 0.340 e. The number of anilines is 2. The molecule has 0 spiro atoms. The highest BCUT2D eigenvalue weighted by Gasteiger charge is 2.16. The number of aromatic nitrogens is 3. The minimum atomic E-state index is -0.480. The van der Waals surface area contributed by atoms with Crippen molar-refractivity contribution < 1.29 is 9.18 Å². The third kappa shape index (κ3) is 3.44. The van der Waals surface area contributed by atoms with Crippen LogP contribution in [-0.4, -0.2) is 34.2 Å². The van der Waals surface area contributed by atoms with Crippen molar-refractivity contribution in [1.29, 1.82) is 0 Å². The first kappa shape index (κ1) is 15.0. The summed E-state index contributed by atoms with van der Waals surface area (Å²) in [5.41, 5.74) is 0.211. The molecule has 1 aliphatic heterocycles. The van der Waals surface area contributed by atoms with Gasteiger partial charge in [-0.15, -0.1) is 5.10 Å². The van der Waals surface area contributed by atoms with Crippen molar-refractivity contribution in [3.63, 3.8) is 0 Å². The van der Waals surface area contributed by atoms with Crippen molar-refractivity contribution in [3.8, 4) is 0 Å². The second-order valence-electron chi connectivity index (χ2n) is 5.14. The summed E-state index contributed by atoms with van der Waals surface area (Å²) in [5.74, 6) is -0.0889. The zero-order chi connectivity index (χ0) is 15.5. The molecular formula is C14H15BrFN5O. The van der Waals surface area contributed by atoms with Crippen LogP contribution in [0.4, 0.5) is 16.3 Å². The predicted molar refractivity (Wildman–Crippen MR) is 84.5 cm³/mol. The lowest BCUT2D eigenvalue weighted by Gasteiger charge is -2.24. The van der Waals surface area contributed by atoms with Crippen LogP contribution in [0.2, 0.25) is 0 Å². The van der Waals surface area contributed by atoms with E-state index in [4.69, 9.17) is 0 Å². The molecule has 1 aromatic heterocycles. The molecule has 8 heteroatoms. The molecule has 0 radical (unpaired) electrons. The summed E-state index contributed by atoms with van der Waals surface area (Å²) in [6, 6.07) is 4.00. The van der Waals surface area contributed by atoms with Crippen molar-refractivity contribution in [2.24, 2.45) is 0 Å². The number of hydrogen-bond acceptors (Lipinski definition) is 4. The molecule has 6 nitrogen and oxygen atoms in total. The third-order valence-electron chi connectivity index (χ3n) is 3.47. The minimum absolute atomic E-state index is 0.211. The van der Waals surface area contributed by atoms with Crippen LogP contribution >= 0.6 is 15.9 Å². The van der Waals surface area contributed by atoms with Gasteiger partial charge in [-0.3, -0.25) is 10.1 Å². The second kappa shape index (κ2) is 6.43. The topological polar surface area (TPSA) is 73.9 Å². The van der Waals surface area contributed by atoms with Crippen molar-refractivity contribution in [1.82, 2.24) is 15.2 Å². The van der Waals surface area contributed by atoms with Gasteiger partial charge in [0.1, 0.15) is 5.82 Å². The van der Waals surface area contributed by atoms with E-state index < -0.39 is 11.7 Å². The van der Waals surface area contributed by atoms with E-state index in [0.717, 1.165) is 25.9 Å². The molecule has 0 saturated carbocycles. The van der Waals surface area contributed by atoms with Gasteiger partial charge in [0.2, 0.25) is 11.9 Å². The number of nitrogens with one attached hydrogen (secondary N) is 2. The number of piperidine rings is 1. The molecule has 22 heavy (non-hydrogen) atoms. The number of H-pyrrole nitrogens is 1. The highest BCUT2D eigenvalue weighted by atomic mass is 79.9. The monoisotopic (exact) mass is 367 g/mol. The van der Waals surface area contributed by atoms with Crippen molar-refractivity contribution >= 4 is 33.7 Å². The molecule has 1 aliphatic rings. The molecule has 1 saturated heterocycles. The molecule has 3 rings (SSSR count). The number of rotatable bonds is 3.